The summed E-state index contributed by atoms with van der Waals surface area (Å²) < 4.78 is 11.6. The highest BCUT2D eigenvalue weighted by atomic mass is 16.5. The SMILES string of the molecule is COC1CN(C2COc3ccccc3C2Nc2ncnc3[nH]c(C4CC4)cc23)C1. The summed E-state index contributed by atoms with van der Waals surface area (Å²) in [6.07, 6.45) is 4.47. The molecule has 2 aromatic heterocycles. The zero-order chi connectivity index (χ0) is 19.4. The number of aromatic amines is 1. The van der Waals surface area contributed by atoms with Gasteiger partial charge in [-0.2, -0.15) is 0 Å². The molecule has 7 nitrogen and oxygen atoms in total. The standard InChI is InChI=1S/C22H25N5O2/c1-28-14-9-27(10-14)18-11-29-19-5-3-2-4-15(19)20(18)26-22-16-8-17(13-6-7-13)25-21(16)23-12-24-22/h2-5,8,12-14,18,20H,6-7,9-11H2,1H3,(H2,23,24,25,26). The molecule has 0 spiro atoms. The van der Waals surface area contributed by atoms with E-state index < -0.39 is 0 Å². The summed E-state index contributed by atoms with van der Waals surface area (Å²) in [7, 11) is 1.78. The molecule has 150 valence electrons. The van der Waals surface area contributed by atoms with Crippen molar-refractivity contribution in [1.29, 1.82) is 0 Å². The number of likely N-dealkylation sites (tertiary alicyclic amines) is 1. The predicted octanol–water partition coefficient (Wildman–Crippen LogP) is 3.08. The first kappa shape index (κ1) is 17.2. The fraction of sp³-hybridized carbons (Fsp3) is 0.455. The number of hydrogen-bond acceptors (Lipinski definition) is 6. The molecule has 0 amide bonds. The summed E-state index contributed by atoms with van der Waals surface area (Å²) in [5.74, 6) is 2.48. The van der Waals surface area contributed by atoms with Crippen molar-refractivity contribution < 1.29 is 9.47 Å². The van der Waals surface area contributed by atoms with Crippen LogP contribution in [0.1, 0.15) is 36.1 Å². The van der Waals surface area contributed by atoms with Gasteiger partial charge in [0.1, 0.15) is 30.1 Å². The average Bonchev–Trinajstić information content (AvgIpc) is 3.47. The first-order chi connectivity index (χ1) is 14.3. The second-order valence-corrected chi connectivity index (χ2v) is 8.33. The summed E-state index contributed by atoms with van der Waals surface area (Å²) >= 11 is 0. The number of H-pyrrole nitrogens is 1. The molecule has 3 aliphatic rings. The van der Waals surface area contributed by atoms with E-state index in [2.05, 4.69) is 43.4 Å². The van der Waals surface area contributed by atoms with Gasteiger partial charge in [-0.1, -0.05) is 18.2 Å². The Morgan fingerprint density at radius 1 is 1.21 bits per heavy atom. The minimum atomic E-state index is 0.0927. The van der Waals surface area contributed by atoms with E-state index in [0.29, 0.717) is 18.6 Å². The van der Waals surface area contributed by atoms with Crippen LogP contribution in [0.4, 0.5) is 5.82 Å². The maximum Gasteiger partial charge on any atom is 0.143 e. The second-order valence-electron chi connectivity index (χ2n) is 8.33. The molecule has 1 saturated heterocycles. The minimum absolute atomic E-state index is 0.0927. The van der Waals surface area contributed by atoms with Gasteiger partial charge >= 0.3 is 0 Å². The zero-order valence-electron chi connectivity index (χ0n) is 16.5. The molecule has 0 bridgehead atoms. The van der Waals surface area contributed by atoms with Crippen LogP contribution < -0.4 is 10.1 Å². The average molecular weight is 391 g/mol. The molecule has 1 saturated carbocycles. The number of methoxy groups -OCH3 is 1. The molecule has 2 unspecified atom stereocenters. The van der Waals surface area contributed by atoms with E-state index in [1.807, 2.05) is 12.1 Å². The Balaban J connectivity index is 1.36. The van der Waals surface area contributed by atoms with Crippen molar-refractivity contribution in [3.8, 4) is 5.75 Å². The number of nitrogens with one attached hydrogen (secondary N) is 2. The van der Waals surface area contributed by atoms with Gasteiger partial charge in [0, 0.05) is 31.5 Å². The fourth-order valence-corrected chi connectivity index (χ4v) is 4.56. The van der Waals surface area contributed by atoms with E-state index in [1.165, 1.54) is 24.1 Å². The summed E-state index contributed by atoms with van der Waals surface area (Å²) in [6.45, 7) is 2.51. The Labute approximate surface area is 169 Å². The van der Waals surface area contributed by atoms with Crippen LogP contribution in [0.15, 0.2) is 36.7 Å². The van der Waals surface area contributed by atoms with Gasteiger partial charge in [-0.25, -0.2) is 9.97 Å². The van der Waals surface area contributed by atoms with E-state index >= 15 is 0 Å². The van der Waals surface area contributed by atoms with Gasteiger partial charge in [0.15, 0.2) is 0 Å². The summed E-state index contributed by atoms with van der Waals surface area (Å²) in [4.78, 5) is 15.0. The van der Waals surface area contributed by atoms with Crippen molar-refractivity contribution >= 4 is 16.9 Å². The van der Waals surface area contributed by atoms with Crippen molar-refractivity contribution in [2.75, 3.05) is 32.1 Å². The Kier molecular flexibility index (Phi) is 3.99. The van der Waals surface area contributed by atoms with Gasteiger partial charge in [-0.05, 0) is 30.9 Å². The number of aromatic nitrogens is 3. The third-order valence-electron chi connectivity index (χ3n) is 6.48. The van der Waals surface area contributed by atoms with Gasteiger partial charge in [-0.15, -0.1) is 0 Å². The minimum Gasteiger partial charge on any atom is -0.491 e. The number of hydrogen-bond donors (Lipinski definition) is 2. The molecular weight excluding hydrogens is 366 g/mol. The molecule has 1 aromatic carbocycles. The lowest BCUT2D eigenvalue weighted by molar-refractivity contribution is -0.0654. The molecule has 6 rings (SSSR count). The second kappa shape index (κ2) is 6.71. The van der Waals surface area contributed by atoms with E-state index in [0.717, 1.165) is 35.7 Å². The van der Waals surface area contributed by atoms with Crippen molar-refractivity contribution in [3.05, 3.63) is 47.9 Å². The van der Waals surface area contributed by atoms with Crippen molar-refractivity contribution in [2.45, 2.75) is 36.9 Å². The highest BCUT2D eigenvalue weighted by Gasteiger charge is 2.41. The number of rotatable bonds is 5. The van der Waals surface area contributed by atoms with Crippen LogP contribution in [0.25, 0.3) is 11.0 Å². The van der Waals surface area contributed by atoms with Crippen LogP contribution in [0, 0.1) is 0 Å². The van der Waals surface area contributed by atoms with Gasteiger partial charge in [0.2, 0.25) is 0 Å². The van der Waals surface area contributed by atoms with Gasteiger partial charge in [-0.3, -0.25) is 4.90 Å². The molecule has 4 heterocycles. The molecule has 2 atom stereocenters. The smallest absolute Gasteiger partial charge is 0.143 e. The molecule has 2 aliphatic heterocycles. The van der Waals surface area contributed by atoms with E-state index in [1.54, 1.807) is 13.4 Å². The quantitative estimate of drug-likeness (QED) is 0.696. The Bertz CT molecular complexity index is 1040. The number of ether oxygens (including phenoxy) is 2. The Morgan fingerprint density at radius 3 is 2.90 bits per heavy atom. The molecule has 1 aliphatic carbocycles. The normalized spacial score (nSPS) is 24.7. The monoisotopic (exact) mass is 391 g/mol. The summed E-state index contributed by atoms with van der Waals surface area (Å²) in [5, 5.41) is 4.82. The Hall–Kier alpha value is -2.64. The van der Waals surface area contributed by atoms with Crippen LogP contribution >= 0.6 is 0 Å². The molecule has 0 radical (unpaired) electrons. The number of anilines is 1. The number of nitrogens with zero attached hydrogens (tertiary/aromatic N) is 3. The maximum absolute atomic E-state index is 6.10. The van der Waals surface area contributed by atoms with E-state index in [-0.39, 0.29) is 12.1 Å². The lowest BCUT2D eigenvalue weighted by atomic mass is 9.92. The van der Waals surface area contributed by atoms with Crippen molar-refractivity contribution in [2.24, 2.45) is 0 Å². The van der Waals surface area contributed by atoms with Crippen molar-refractivity contribution in [3.63, 3.8) is 0 Å². The van der Waals surface area contributed by atoms with Crippen LogP contribution in [0.5, 0.6) is 5.75 Å². The largest absolute Gasteiger partial charge is 0.491 e. The topological polar surface area (TPSA) is 75.3 Å². The summed E-state index contributed by atoms with van der Waals surface area (Å²) in [5.41, 5.74) is 3.36. The molecule has 3 aromatic rings. The van der Waals surface area contributed by atoms with Crippen LogP contribution in [-0.4, -0.2) is 58.8 Å². The highest BCUT2D eigenvalue weighted by molar-refractivity contribution is 5.88. The van der Waals surface area contributed by atoms with Gasteiger partial charge < -0.3 is 19.8 Å². The van der Waals surface area contributed by atoms with Crippen LogP contribution in [0.3, 0.4) is 0 Å². The lowest BCUT2D eigenvalue weighted by Gasteiger charge is -2.48. The summed E-state index contributed by atoms with van der Waals surface area (Å²) in [6, 6.07) is 10.8. The first-order valence-electron chi connectivity index (χ1n) is 10.4. The van der Waals surface area contributed by atoms with Crippen molar-refractivity contribution in [1.82, 2.24) is 19.9 Å². The van der Waals surface area contributed by atoms with E-state index in [9.17, 15) is 0 Å². The zero-order valence-corrected chi connectivity index (χ0v) is 16.5. The lowest BCUT2D eigenvalue weighted by Crippen LogP contribution is -2.60. The molecule has 7 heteroatoms. The molecule has 2 fully saturated rings. The third-order valence-corrected chi connectivity index (χ3v) is 6.48. The van der Waals surface area contributed by atoms with Gasteiger partial charge in [0.05, 0.1) is 23.6 Å². The number of fused-ring (bicyclic) bond motifs is 2. The molecular formula is C22H25N5O2. The molecule has 29 heavy (non-hydrogen) atoms. The molecule has 2 N–H and O–H groups in total. The predicted molar refractivity (Wildman–Crippen MR) is 110 cm³/mol. The number of para-hydroxylation sites is 1. The third kappa shape index (κ3) is 2.96. The number of benzene rings is 1. The first-order valence-corrected chi connectivity index (χ1v) is 10.4. The maximum atomic E-state index is 6.10. The fourth-order valence-electron chi connectivity index (χ4n) is 4.56. The van der Waals surface area contributed by atoms with E-state index in [4.69, 9.17) is 9.47 Å². The Morgan fingerprint density at radius 2 is 2.07 bits per heavy atom. The van der Waals surface area contributed by atoms with Gasteiger partial charge in [0.25, 0.3) is 0 Å². The highest BCUT2D eigenvalue weighted by Crippen LogP contribution is 2.42. The van der Waals surface area contributed by atoms with Crippen LogP contribution in [-0.2, 0) is 4.74 Å². The van der Waals surface area contributed by atoms with Crippen LogP contribution in [0.2, 0.25) is 0 Å².